The minimum absolute atomic E-state index is 0.0769. The Hall–Kier alpha value is -7.63. The van der Waals surface area contributed by atoms with Crippen molar-refractivity contribution in [1.29, 1.82) is 10.5 Å². The Morgan fingerprint density at radius 2 is 1.05 bits per heavy atom. The fourth-order valence-corrected chi connectivity index (χ4v) is 9.46. The number of likely N-dealkylation sites (tertiary alicyclic amines) is 1. The number of amides is 1. The molecule has 0 bridgehead atoms. The van der Waals surface area contributed by atoms with E-state index in [1.165, 1.54) is 11.4 Å². The molecular formula is C59H66N10O6. The molecule has 388 valence electrons. The number of morpholine rings is 2. The number of hydrogen-bond donors (Lipinski definition) is 1. The van der Waals surface area contributed by atoms with Crippen molar-refractivity contribution in [2.75, 3.05) is 88.6 Å². The maximum atomic E-state index is 12.4. The van der Waals surface area contributed by atoms with Crippen molar-refractivity contribution in [2.24, 2.45) is 0 Å². The normalized spacial score (nSPS) is 16.5. The molecule has 0 unspecified atom stereocenters. The zero-order valence-corrected chi connectivity index (χ0v) is 43.2. The first-order valence-electron chi connectivity index (χ1n) is 26.1. The van der Waals surface area contributed by atoms with E-state index in [1.807, 2.05) is 69.3 Å². The van der Waals surface area contributed by atoms with E-state index in [4.69, 9.17) is 33.7 Å². The topological polar surface area (TPSA) is 184 Å². The van der Waals surface area contributed by atoms with Crippen LogP contribution in [0.4, 0.5) is 16.2 Å². The molecular weight excluding hydrogens is 945 g/mol. The highest BCUT2D eigenvalue weighted by molar-refractivity contribution is 5.68. The summed E-state index contributed by atoms with van der Waals surface area (Å²) in [6, 6.07) is 36.7. The first-order chi connectivity index (χ1) is 36.5. The number of aromatic nitrogens is 4. The molecule has 4 aliphatic rings. The number of carbonyl (C=O) groups is 1. The van der Waals surface area contributed by atoms with Crippen LogP contribution in [-0.2, 0) is 27.1 Å². The van der Waals surface area contributed by atoms with Gasteiger partial charge in [-0.3, -0.25) is 0 Å². The van der Waals surface area contributed by atoms with Crippen LogP contribution in [-0.4, -0.2) is 128 Å². The Morgan fingerprint density at radius 3 is 1.48 bits per heavy atom. The number of ether oxygens (including phenoxy) is 5. The van der Waals surface area contributed by atoms with E-state index in [0.717, 1.165) is 124 Å². The second kappa shape index (κ2) is 25.1. The van der Waals surface area contributed by atoms with Crippen LogP contribution in [0.1, 0.15) is 80.4 Å². The van der Waals surface area contributed by atoms with Crippen molar-refractivity contribution in [3.8, 4) is 46.2 Å². The molecule has 2 aromatic heterocycles. The number of piperidine rings is 2. The predicted octanol–water partition coefficient (Wildman–Crippen LogP) is 8.79. The van der Waals surface area contributed by atoms with Crippen LogP contribution < -0.4 is 24.6 Å². The van der Waals surface area contributed by atoms with Crippen molar-refractivity contribution in [1.82, 2.24) is 30.2 Å². The number of nitrogens with one attached hydrogen (secondary N) is 1. The Morgan fingerprint density at radius 1 is 0.613 bits per heavy atom. The zero-order valence-electron chi connectivity index (χ0n) is 43.2. The van der Waals surface area contributed by atoms with Crippen LogP contribution in [0.3, 0.4) is 0 Å². The number of nitrogens with zero attached hydrogens (tertiary/aromatic N) is 9. The molecule has 4 fully saturated rings. The van der Waals surface area contributed by atoms with E-state index in [9.17, 15) is 15.3 Å². The lowest BCUT2D eigenvalue weighted by Gasteiger charge is -2.33. The highest BCUT2D eigenvalue weighted by Crippen LogP contribution is 2.30. The van der Waals surface area contributed by atoms with E-state index in [0.29, 0.717) is 61.4 Å². The third kappa shape index (κ3) is 14.6. The SMILES string of the molecule is CC(C)(C)OC(=O)N1CCC(Oc2ccc(-c3ccnc(Cc4ccc(N5CCOCC5)cc4)n3)cc2C#N)CC1.N#Cc1cc(-c2ccnc(Cc3ccc(N4CCOCC4)cc3)n2)ccc1OC1CCNCC1. The van der Waals surface area contributed by atoms with E-state index in [2.05, 4.69) is 85.8 Å². The fourth-order valence-electron chi connectivity index (χ4n) is 9.46. The van der Waals surface area contributed by atoms with Crippen molar-refractivity contribution in [3.05, 3.63) is 143 Å². The third-order valence-electron chi connectivity index (χ3n) is 13.5. The molecule has 16 heteroatoms. The van der Waals surface area contributed by atoms with Crippen LogP contribution >= 0.6 is 0 Å². The van der Waals surface area contributed by atoms with Crippen molar-refractivity contribution < 1.29 is 28.5 Å². The van der Waals surface area contributed by atoms with E-state index in [1.54, 1.807) is 17.3 Å². The first-order valence-corrected chi connectivity index (χ1v) is 26.1. The van der Waals surface area contributed by atoms with Gasteiger partial charge >= 0.3 is 6.09 Å². The predicted molar refractivity (Wildman–Crippen MR) is 287 cm³/mol. The minimum atomic E-state index is -0.521. The number of anilines is 2. The van der Waals surface area contributed by atoms with Crippen LogP contribution in [0, 0.1) is 22.7 Å². The molecule has 0 spiro atoms. The molecule has 75 heavy (non-hydrogen) atoms. The third-order valence-corrected chi connectivity index (χ3v) is 13.5. The number of benzene rings is 4. The average molecular weight is 1010 g/mol. The van der Waals surface area contributed by atoms with Crippen LogP contribution in [0.2, 0.25) is 0 Å². The van der Waals surface area contributed by atoms with Gasteiger partial charge in [-0.1, -0.05) is 24.3 Å². The number of rotatable bonds is 12. The van der Waals surface area contributed by atoms with Gasteiger partial charge in [0.25, 0.3) is 0 Å². The van der Waals surface area contributed by atoms with Crippen LogP contribution in [0.25, 0.3) is 22.5 Å². The van der Waals surface area contributed by atoms with Gasteiger partial charge in [0.05, 0.1) is 48.9 Å². The smallest absolute Gasteiger partial charge is 0.410 e. The molecule has 0 saturated carbocycles. The summed E-state index contributed by atoms with van der Waals surface area (Å²) >= 11 is 0. The van der Waals surface area contributed by atoms with Crippen molar-refractivity contribution in [3.63, 3.8) is 0 Å². The van der Waals surface area contributed by atoms with Gasteiger partial charge in [-0.05, 0) is 131 Å². The molecule has 4 saturated heterocycles. The molecule has 1 amide bonds. The average Bonchev–Trinajstić information content (AvgIpc) is 3.44. The summed E-state index contributed by atoms with van der Waals surface area (Å²) in [7, 11) is 0. The Labute approximate surface area is 440 Å². The van der Waals surface area contributed by atoms with E-state index in [-0.39, 0.29) is 18.3 Å². The second-order valence-corrected chi connectivity index (χ2v) is 20.1. The van der Waals surface area contributed by atoms with Gasteiger partial charge in [-0.25, -0.2) is 24.7 Å². The summed E-state index contributed by atoms with van der Waals surface area (Å²) in [5.74, 6) is 2.66. The van der Waals surface area contributed by atoms with Crippen molar-refractivity contribution >= 4 is 17.5 Å². The zero-order chi connectivity index (χ0) is 52.0. The molecule has 4 aromatic carbocycles. The monoisotopic (exact) mass is 1010 g/mol. The lowest BCUT2D eigenvalue weighted by Crippen LogP contribution is -2.44. The van der Waals surface area contributed by atoms with Crippen LogP contribution in [0.15, 0.2) is 109 Å². The molecule has 16 nitrogen and oxygen atoms in total. The lowest BCUT2D eigenvalue weighted by molar-refractivity contribution is 0.0126. The van der Waals surface area contributed by atoms with Gasteiger partial charge in [0.2, 0.25) is 0 Å². The van der Waals surface area contributed by atoms with Gasteiger partial charge in [0.15, 0.2) is 0 Å². The molecule has 0 radical (unpaired) electrons. The van der Waals surface area contributed by atoms with Gasteiger partial charge in [-0.15, -0.1) is 0 Å². The van der Waals surface area contributed by atoms with Gasteiger partial charge in [-0.2, -0.15) is 10.5 Å². The summed E-state index contributed by atoms with van der Waals surface area (Å²) in [6.07, 6.45) is 7.84. The number of hydrogen-bond acceptors (Lipinski definition) is 15. The maximum Gasteiger partial charge on any atom is 0.410 e. The van der Waals surface area contributed by atoms with Gasteiger partial charge < -0.3 is 43.7 Å². The summed E-state index contributed by atoms with van der Waals surface area (Å²) in [6.45, 7) is 15.3. The molecule has 10 rings (SSSR count). The quantitative estimate of drug-likeness (QED) is 0.123. The Balaban J connectivity index is 0.000000187. The molecule has 4 aliphatic heterocycles. The number of nitriles is 2. The molecule has 0 aliphatic carbocycles. The van der Waals surface area contributed by atoms with E-state index < -0.39 is 5.60 Å². The Bertz CT molecular complexity index is 2930. The molecule has 1 N–H and O–H groups in total. The summed E-state index contributed by atoms with van der Waals surface area (Å²) in [5, 5.41) is 22.9. The fraction of sp³-hybridized carbons (Fsp3) is 0.407. The molecule has 0 atom stereocenters. The molecule has 6 heterocycles. The minimum Gasteiger partial charge on any atom is -0.489 e. The lowest BCUT2D eigenvalue weighted by atomic mass is 10.1. The highest BCUT2D eigenvalue weighted by Gasteiger charge is 2.28. The van der Waals surface area contributed by atoms with Gasteiger partial charge in [0, 0.05) is 99.8 Å². The largest absolute Gasteiger partial charge is 0.489 e. The van der Waals surface area contributed by atoms with E-state index >= 15 is 0 Å². The second-order valence-electron chi connectivity index (χ2n) is 20.1. The number of carbonyl (C=O) groups excluding carboxylic acids is 1. The van der Waals surface area contributed by atoms with Gasteiger partial charge in [0.1, 0.15) is 53.1 Å². The highest BCUT2D eigenvalue weighted by atomic mass is 16.6. The van der Waals surface area contributed by atoms with Crippen molar-refractivity contribution in [2.45, 2.75) is 77.1 Å². The summed E-state index contributed by atoms with van der Waals surface area (Å²) in [5.41, 5.74) is 8.48. The molecule has 6 aromatic rings. The Kier molecular flexibility index (Phi) is 17.5. The summed E-state index contributed by atoms with van der Waals surface area (Å²) in [4.78, 5) is 37.3. The summed E-state index contributed by atoms with van der Waals surface area (Å²) < 4.78 is 28.7. The standard InChI is InChI=1S/C32H37N5O4.C27H29N5O2/c1-32(2,3)41-31(38)37-14-11-27(12-15-37)40-29-9-6-24(21-25(29)22-33)28-10-13-34-30(35-28)20-23-4-7-26(8-5-23)36-16-18-39-19-17-36;28-19-22-18-21(3-6-26(22)34-24-7-10-29-11-8-24)25-9-12-30-27(31-25)17-20-1-4-23(5-2-20)32-13-15-33-16-14-32/h4-10,13,21,27H,11-12,14-20H2,1-3H3;1-6,9,12,18,24,29H,7-8,10-11,13-17H2. The maximum absolute atomic E-state index is 12.4. The van der Waals surface area contributed by atoms with Crippen LogP contribution in [0.5, 0.6) is 11.5 Å². The first kappa shape index (κ1) is 52.2.